The number of carbonyl (C=O) groups is 3. The van der Waals surface area contributed by atoms with Crippen LogP contribution in [-0.2, 0) is 19.1 Å². The number of aliphatic carboxylic acids is 1. The summed E-state index contributed by atoms with van der Waals surface area (Å²) in [4.78, 5) is 30.1. The van der Waals surface area contributed by atoms with Gasteiger partial charge in [0.25, 0.3) is 0 Å². The summed E-state index contributed by atoms with van der Waals surface area (Å²) in [6.07, 6.45) is 1.66. The second-order valence-electron chi connectivity index (χ2n) is 4.47. The Balaban J connectivity index is -0.000000284. The van der Waals surface area contributed by atoms with Gasteiger partial charge in [0.1, 0.15) is 0 Å². The fraction of sp³-hybridized carbons (Fsp3) is 0.438. The summed E-state index contributed by atoms with van der Waals surface area (Å²) >= 11 is 0. The second-order valence-corrected chi connectivity index (χ2v) is 4.47. The van der Waals surface area contributed by atoms with E-state index in [1.54, 1.807) is 6.92 Å². The van der Waals surface area contributed by atoms with E-state index in [4.69, 9.17) is 10.8 Å². The SMILES string of the molecule is C=C(C)C(=O)O.C=C(C)C(N)=O.C=C(CCCCF)C(=O)OC. The van der Waals surface area contributed by atoms with Crippen LogP contribution in [0.4, 0.5) is 4.39 Å². The van der Waals surface area contributed by atoms with Crippen LogP contribution in [0.1, 0.15) is 33.1 Å². The Morgan fingerprint density at radius 3 is 1.70 bits per heavy atom. The third kappa shape index (κ3) is 22.0. The van der Waals surface area contributed by atoms with E-state index in [0.717, 1.165) is 0 Å². The zero-order chi connectivity index (χ0) is 19.0. The fourth-order valence-electron chi connectivity index (χ4n) is 0.679. The molecule has 23 heavy (non-hydrogen) atoms. The summed E-state index contributed by atoms with van der Waals surface area (Å²) in [6.45, 7) is 12.6. The summed E-state index contributed by atoms with van der Waals surface area (Å²) in [6, 6.07) is 0. The smallest absolute Gasteiger partial charge is 0.333 e. The summed E-state index contributed by atoms with van der Waals surface area (Å²) in [5, 5.41) is 7.89. The van der Waals surface area contributed by atoms with E-state index in [0.29, 0.717) is 30.4 Å². The summed E-state index contributed by atoms with van der Waals surface area (Å²) < 4.78 is 16.0. The molecule has 3 N–H and O–H groups in total. The van der Waals surface area contributed by atoms with Crippen molar-refractivity contribution < 1.29 is 28.6 Å². The van der Waals surface area contributed by atoms with E-state index in [-0.39, 0.29) is 12.2 Å². The van der Waals surface area contributed by atoms with Gasteiger partial charge in [0.2, 0.25) is 5.91 Å². The molecule has 0 aliphatic carbocycles. The molecular formula is C16H26FNO5. The first-order valence-corrected chi connectivity index (χ1v) is 6.67. The zero-order valence-electron chi connectivity index (χ0n) is 14.0. The highest BCUT2D eigenvalue weighted by molar-refractivity contribution is 5.90. The molecule has 0 aliphatic heterocycles. The molecule has 7 heteroatoms. The van der Waals surface area contributed by atoms with Crippen molar-refractivity contribution in [3.05, 3.63) is 36.5 Å². The van der Waals surface area contributed by atoms with Crippen molar-refractivity contribution in [2.45, 2.75) is 33.1 Å². The van der Waals surface area contributed by atoms with Crippen LogP contribution in [0.25, 0.3) is 0 Å². The standard InChI is InChI=1S/C8H13FO2.C4H7NO.C4H6O2/c1-7(8(10)11-2)5-3-4-6-9;2*1-3(2)4(5)6/h1,3-6H2,2H3;1H2,2H3,(H2,5,6);1H2,2H3,(H,5,6). The van der Waals surface area contributed by atoms with Crippen molar-refractivity contribution in [2.24, 2.45) is 5.73 Å². The average molecular weight is 331 g/mol. The van der Waals surface area contributed by atoms with Gasteiger partial charge in [-0.15, -0.1) is 0 Å². The number of rotatable bonds is 7. The molecule has 0 fully saturated rings. The highest BCUT2D eigenvalue weighted by Crippen LogP contribution is 2.06. The van der Waals surface area contributed by atoms with Crippen LogP contribution in [0.3, 0.4) is 0 Å². The number of hydrogen-bond donors (Lipinski definition) is 2. The monoisotopic (exact) mass is 331 g/mol. The van der Waals surface area contributed by atoms with Gasteiger partial charge in [-0.05, 0) is 33.1 Å². The Bertz CT molecular complexity index is 396. The normalized spacial score (nSPS) is 8.35. The zero-order valence-corrected chi connectivity index (χ0v) is 14.0. The number of halogens is 1. The van der Waals surface area contributed by atoms with E-state index >= 15 is 0 Å². The molecule has 0 radical (unpaired) electrons. The first-order chi connectivity index (χ1) is 10.5. The van der Waals surface area contributed by atoms with E-state index in [1.807, 2.05) is 0 Å². The quantitative estimate of drug-likeness (QED) is 0.423. The Hall–Kier alpha value is -2.44. The first kappa shape index (κ1) is 25.5. The van der Waals surface area contributed by atoms with E-state index in [2.05, 4.69) is 24.5 Å². The molecule has 0 aliphatic rings. The average Bonchev–Trinajstić information content (AvgIpc) is 2.47. The minimum Gasteiger partial charge on any atom is -0.478 e. The number of unbranched alkanes of at least 4 members (excludes halogenated alkanes) is 1. The highest BCUT2D eigenvalue weighted by Gasteiger charge is 2.04. The molecular weight excluding hydrogens is 305 g/mol. The lowest BCUT2D eigenvalue weighted by Gasteiger charge is -2.00. The second kappa shape index (κ2) is 15.9. The molecule has 0 aromatic carbocycles. The van der Waals surface area contributed by atoms with Gasteiger partial charge in [-0.1, -0.05) is 19.7 Å². The number of amides is 1. The maximum absolute atomic E-state index is 11.6. The van der Waals surface area contributed by atoms with E-state index in [1.165, 1.54) is 14.0 Å². The summed E-state index contributed by atoms with van der Waals surface area (Å²) in [5.41, 5.74) is 5.69. The lowest BCUT2D eigenvalue weighted by Crippen LogP contribution is -2.10. The van der Waals surface area contributed by atoms with Gasteiger partial charge in [0.05, 0.1) is 13.8 Å². The molecule has 1 amide bonds. The van der Waals surface area contributed by atoms with Gasteiger partial charge in [-0.3, -0.25) is 9.18 Å². The number of nitrogens with two attached hydrogens (primary N) is 1. The van der Waals surface area contributed by atoms with Crippen molar-refractivity contribution in [3.63, 3.8) is 0 Å². The van der Waals surface area contributed by atoms with Crippen molar-refractivity contribution in [1.29, 1.82) is 0 Å². The van der Waals surface area contributed by atoms with Gasteiger partial charge < -0.3 is 15.6 Å². The number of hydrogen-bond acceptors (Lipinski definition) is 4. The molecule has 132 valence electrons. The number of carboxylic acid groups (broad SMARTS) is 1. The molecule has 0 saturated carbocycles. The molecule has 0 saturated heterocycles. The van der Waals surface area contributed by atoms with Gasteiger partial charge >= 0.3 is 11.9 Å². The van der Waals surface area contributed by atoms with Crippen molar-refractivity contribution >= 4 is 17.8 Å². The van der Waals surface area contributed by atoms with Crippen molar-refractivity contribution in [2.75, 3.05) is 13.8 Å². The molecule has 0 aromatic heterocycles. The van der Waals surface area contributed by atoms with E-state index < -0.39 is 17.8 Å². The Kier molecular flexibility index (Phi) is 17.7. The maximum atomic E-state index is 11.6. The minimum atomic E-state index is -0.935. The van der Waals surface area contributed by atoms with Gasteiger partial charge in [0.15, 0.2) is 0 Å². The summed E-state index contributed by atoms with van der Waals surface area (Å²) in [5.74, 6) is -1.77. The van der Waals surface area contributed by atoms with Crippen LogP contribution in [0.2, 0.25) is 0 Å². The number of alkyl halides is 1. The van der Waals surface area contributed by atoms with Crippen molar-refractivity contribution in [3.8, 4) is 0 Å². The van der Waals surface area contributed by atoms with Crippen LogP contribution in [0, 0.1) is 0 Å². The highest BCUT2D eigenvalue weighted by atomic mass is 19.1. The fourth-order valence-corrected chi connectivity index (χ4v) is 0.679. The Morgan fingerprint density at radius 1 is 1.09 bits per heavy atom. The Morgan fingerprint density at radius 2 is 1.48 bits per heavy atom. The first-order valence-electron chi connectivity index (χ1n) is 6.67. The van der Waals surface area contributed by atoms with E-state index in [9.17, 15) is 18.8 Å². The van der Waals surface area contributed by atoms with Crippen molar-refractivity contribution in [1.82, 2.24) is 0 Å². The summed E-state index contributed by atoms with van der Waals surface area (Å²) in [7, 11) is 1.31. The molecule has 0 rings (SSSR count). The molecule has 0 aromatic rings. The third-order valence-electron chi connectivity index (χ3n) is 2.12. The van der Waals surface area contributed by atoms with Crippen LogP contribution < -0.4 is 5.73 Å². The van der Waals surface area contributed by atoms with Crippen LogP contribution in [0.15, 0.2) is 36.5 Å². The Labute approximate surface area is 136 Å². The number of esters is 1. The molecule has 6 nitrogen and oxygen atoms in total. The predicted octanol–water partition coefficient (Wildman–Crippen LogP) is 2.55. The van der Waals surface area contributed by atoms with Gasteiger partial charge in [0, 0.05) is 16.7 Å². The molecule has 0 atom stereocenters. The van der Waals surface area contributed by atoms with Gasteiger partial charge in [-0.2, -0.15) is 0 Å². The number of carboxylic acids is 1. The lowest BCUT2D eigenvalue weighted by atomic mass is 10.1. The third-order valence-corrected chi connectivity index (χ3v) is 2.12. The van der Waals surface area contributed by atoms with Crippen LogP contribution >= 0.6 is 0 Å². The lowest BCUT2D eigenvalue weighted by molar-refractivity contribution is -0.136. The molecule has 0 unspecified atom stereocenters. The van der Waals surface area contributed by atoms with Crippen LogP contribution in [-0.4, -0.2) is 36.7 Å². The number of methoxy groups -OCH3 is 1. The minimum absolute atomic E-state index is 0.176. The topological polar surface area (TPSA) is 107 Å². The molecule has 0 heterocycles. The molecule has 0 spiro atoms. The van der Waals surface area contributed by atoms with Gasteiger partial charge in [-0.25, -0.2) is 9.59 Å². The largest absolute Gasteiger partial charge is 0.478 e. The number of carbonyl (C=O) groups excluding carboxylic acids is 2. The predicted molar refractivity (Wildman–Crippen MR) is 87.4 cm³/mol. The van der Waals surface area contributed by atoms with Crippen LogP contribution in [0.5, 0.6) is 0 Å². The number of primary amides is 1. The number of ether oxygens (including phenoxy) is 1. The maximum Gasteiger partial charge on any atom is 0.333 e. The molecule has 0 bridgehead atoms.